The van der Waals surface area contributed by atoms with E-state index in [1.807, 2.05) is 13.0 Å². The van der Waals surface area contributed by atoms with Gasteiger partial charge in [0.2, 0.25) is 0 Å². The molecule has 0 aliphatic carbocycles. The number of hydrogen-bond acceptors (Lipinski definition) is 5. The molecule has 2 aromatic rings. The number of halogens is 1. The molecule has 5 nitrogen and oxygen atoms in total. The first-order chi connectivity index (χ1) is 11.7. The molecule has 6 heteroatoms. The molecule has 1 aromatic carbocycles. The second kappa shape index (κ2) is 7.57. The number of esters is 1. The van der Waals surface area contributed by atoms with Gasteiger partial charge in [0, 0.05) is 49.5 Å². The molecule has 128 valence electrons. The van der Waals surface area contributed by atoms with Crippen molar-refractivity contribution in [3.8, 4) is 0 Å². The topological polar surface area (TPSA) is 45.7 Å². The summed E-state index contributed by atoms with van der Waals surface area (Å²) in [4.78, 5) is 20.3. The van der Waals surface area contributed by atoms with Crippen molar-refractivity contribution in [3.05, 3.63) is 36.3 Å². The summed E-state index contributed by atoms with van der Waals surface area (Å²) < 4.78 is 18.4. The molecular formula is C18H22FN3O2. The highest BCUT2D eigenvalue weighted by Gasteiger charge is 2.19. The molecule has 1 fully saturated rings. The Labute approximate surface area is 141 Å². The molecule has 1 aliphatic heterocycles. The molecule has 0 radical (unpaired) electrons. The Morgan fingerprint density at radius 1 is 1.25 bits per heavy atom. The van der Waals surface area contributed by atoms with Crippen molar-refractivity contribution >= 4 is 22.6 Å². The van der Waals surface area contributed by atoms with E-state index in [2.05, 4.69) is 14.8 Å². The van der Waals surface area contributed by atoms with E-state index in [1.54, 1.807) is 12.3 Å². The minimum atomic E-state index is -0.274. The van der Waals surface area contributed by atoms with Crippen LogP contribution in [0.25, 0.3) is 10.9 Å². The molecule has 3 rings (SSSR count). The fourth-order valence-electron chi connectivity index (χ4n) is 3.14. The van der Waals surface area contributed by atoms with Crippen molar-refractivity contribution in [2.24, 2.45) is 0 Å². The Hall–Kier alpha value is -2.21. The first kappa shape index (κ1) is 16.6. The van der Waals surface area contributed by atoms with Gasteiger partial charge in [-0.1, -0.05) is 0 Å². The second-order valence-electron chi connectivity index (χ2n) is 5.91. The summed E-state index contributed by atoms with van der Waals surface area (Å²) >= 11 is 0. The quantitative estimate of drug-likeness (QED) is 0.805. The van der Waals surface area contributed by atoms with Crippen LogP contribution >= 0.6 is 0 Å². The van der Waals surface area contributed by atoms with Gasteiger partial charge in [0.1, 0.15) is 5.82 Å². The molecule has 0 amide bonds. The number of nitrogens with zero attached hydrogens (tertiary/aromatic N) is 3. The van der Waals surface area contributed by atoms with Gasteiger partial charge in [-0.05, 0) is 31.5 Å². The Bertz CT molecular complexity index is 722. The summed E-state index contributed by atoms with van der Waals surface area (Å²) in [7, 11) is 0. The van der Waals surface area contributed by atoms with Gasteiger partial charge in [-0.2, -0.15) is 0 Å². The van der Waals surface area contributed by atoms with Gasteiger partial charge < -0.3 is 9.64 Å². The van der Waals surface area contributed by atoms with Crippen LogP contribution in [0.1, 0.15) is 13.3 Å². The maximum atomic E-state index is 13.4. The fourth-order valence-corrected chi connectivity index (χ4v) is 3.14. The number of fused-ring (bicyclic) bond motifs is 1. The smallest absolute Gasteiger partial charge is 0.320 e. The molecule has 0 atom stereocenters. The molecule has 1 aliphatic rings. The first-order valence-electron chi connectivity index (χ1n) is 8.34. The predicted molar refractivity (Wildman–Crippen MR) is 91.6 cm³/mol. The number of carbonyl (C=O) groups excluding carboxylic acids is 1. The number of carbonyl (C=O) groups is 1. The number of hydrogen-bond donors (Lipinski definition) is 0. The van der Waals surface area contributed by atoms with Gasteiger partial charge in [0.05, 0.1) is 18.7 Å². The minimum Gasteiger partial charge on any atom is -0.465 e. The monoisotopic (exact) mass is 331 g/mol. The highest BCUT2D eigenvalue weighted by atomic mass is 19.1. The lowest BCUT2D eigenvalue weighted by molar-refractivity contribution is -0.144. The summed E-state index contributed by atoms with van der Waals surface area (Å²) in [5.74, 6) is -0.445. The Balaban J connectivity index is 1.73. The standard InChI is InChI=1S/C18H22FN3O2/c1-2-24-18(23)13-21-8-3-9-22(11-10-21)17-6-7-20-16-12-14(19)4-5-15(16)17/h4-7,12H,2-3,8-11,13H2,1H3. The normalized spacial score (nSPS) is 16.2. The highest BCUT2D eigenvalue weighted by molar-refractivity contribution is 5.91. The van der Waals surface area contributed by atoms with Crippen LogP contribution in [0.4, 0.5) is 10.1 Å². The third kappa shape index (κ3) is 3.82. The SMILES string of the molecule is CCOC(=O)CN1CCCN(c2ccnc3cc(F)ccc23)CC1. The van der Waals surface area contributed by atoms with Crippen molar-refractivity contribution in [3.63, 3.8) is 0 Å². The Morgan fingerprint density at radius 2 is 2.12 bits per heavy atom. The molecule has 0 spiro atoms. The first-order valence-corrected chi connectivity index (χ1v) is 8.34. The molecule has 24 heavy (non-hydrogen) atoms. The highest BCUT2D eigenvalue weighted by Crippen LogP contribution is 2.26. The maximum absolute atomic E-state index is 13.4. The van der Waals surface area contributed by atoms with E-state index in [0.29, 0.717) is 18.7 Å². The van der Waals surface area contributed by atoms with Gasteiger partial charge >= 0.3 is 5.97 Å². The maximum Gasteiger partial charge on any atom is 0.320 e. The van der Waals surface area contributed by atoms with E-state index < -0.39 is 0 Å². The molecule has 0 saturated carbocycles. The van der Waals surface area contributed by atoms with Crippen molar-refractivity contribution in [1.82, 2.24) is 9.88 Å². The van der Waals surface area contributed by atoms with Crippen LogP contribution in [0.5, 0.6) is 0 Å². The molecule has 0 N–H and O–H groups in total. The van der Waals surface area contributed by atoms with Gasteiger partial charge in [0.15, 0.2) is 0 Å². The lowest BCUT2D eigenvalue weighted by Crippen LogP contribution is -2.35. The molecule has 1 aromatic heterocycles. The average molecular weight is 331 g/mol. The fraction of sp³-hybridized carbons (Fsp3) is 0.444. The third-order valence-corrected chi connectivity index (χ3v) is 4.27. The van der Waals surface area contributed by atoms with Gasteiger partial charge in [0.25, 0.3) is 0 Å². The lowest BCUT2D eigenvalue weighted by atomic mass is 10.1. The van der Waals surface area contributed by atoms with Gasteiger partial charge in [-0.3, -0.25) is 14.7 Å². The zero-order valence-electron chi connectivity index (χ0n) is 13.9. The van der Waals surface area contributed by atoms with E-state index in [0.717, 1.165) is 43.7 Å². The number of aromatic nitrogens is 1. The number of benzene rings is 1. The van der Waals surface area contributed by atoms with Crippen LogP contribution in [-0.2, 0) is 9.53 Å². The predicted octanol–water partition coefficient (Wildman–Crippen LogP) is 2.45. The number of anilines is 1. The number of rotatable bonds is 4. The van der Waals surface area contributed by atoms with Gasteiger partial charge in [-0.25, -0.2) is 4.39 Å². The van der Waals surface area contributed by atoms with Crippen molar-refractivity contribution in [2.45, 2.75) is 13.3 Å². The average Bonchev–Trinajstić information content (AvgIpc) is 2.79. The minimum absolute atomic E-state index is 0.171. The van der Waals surface area contributed by atoms with E-state index in [4.69, 9.17) is 4.74 Å². The van der Waals surface area contributed by atoms with Crippen LogP contribution in [0.2, 0.25) is 0 Å². The number of pyridine rings is 1. The van der Waals surface area contributed by atoms with Crippen LogP contribution in [-0.4, -0.2) is 55.2 Å². The zero-order valence-corrected chi connectivity index (χ0v) is 13.9. The third-order valence-electron chi connectivity index (χ3n) is 4.27. The number of ether oxygens (including phenoxy) is 1. The van der Waals surface area contributed by atoms with Crippen LogP contribution in [0, 0.1) is 5.82 Å². The molecule has 2 heterocycles. The second-order valence-corrected chi connectivity index (χ2v) is 5.91. The Morgan fingerprint density at radius 3 is 2.96 bits per heavy atom. The van der Waals surface area contributed by atoms with Crippen molar-refractivity contribution in [2.75, 3.05) is 44.2 Å². The molecular weight excluding hydrogens is 309 g/mol. The molecule has 0 unspecified atom stereocenters. The van der Waals surface area contributed by atoms with Crippen LogP contribution in [0.15, 0.2) is 30.5 Å². The van der Waals surface area contributed by atoms with Crippen LogP contribution < -0.4 is 4.90 Å². The summed E-state index contributed by atoms with van der Waals surface area (Å²) in [6, 6.07) is 6.69. The van der Waals surface area contributed by atoms with Crippen molar-refractivity contribution in [1.29, 1.82) is 0 Å². The summed E-state index contributed by atoms with van der Waals surface area (Å²) in [6.45, 7) is 5.95. The van der Waals surface area contributed by atoms with Crippen molar-refractivity contribution < 1.29 is 13.9 Å². The van der Waals surface area contributed by atoms with E-state index in [9.17, 15) is 9.18 Å². The van der Waals surface area contributed by atoms with Gasteiger partial charge in [-0.15, -0.1) is 0 Å². The molecule has 0 bridgehead atoms. The van der Waals surface area contributed by atoms with E-state index in [1.165, 1.54) is 12.1 Å². The Kier molecular flexibility index (Phi) is 5.25. The summed E-state index contributed by atoms with van der Waals surface area (Å²) in [5, 5.41) is 0.956. The lowest BCUT2D eigenvalue weighted by Gasteiger charge is -2.24. The summed E-state index contributed by atoms with van der Waals surface area (Å²) in [6.07, 6.45) is 2.68. The molecule has 1 saturated heterocycles. The van der Waals surface area contributed by atoms with E-state index >= 15 is 0 Å². The van der Waals surface area contributed by atoms with E-state index in [-0.39, 0.29) is 11.8 Å². The summed E-state index contributed by atoms with van der Waals surface area (Å²) in [5.41, 5.74) is 1.73. The largest absolute Gasteiger partial charge is 0.465 e. The zero-order chi connectivity index (χ0) is 16.9. The van der Waals surface area contributed by atoms with Crippen LogP contribution in [0.3, 0.4) is 0 Å².